The van der Waals surface area contributed by atoms with Crippen LogP contribution in [0, 0.1) is 11.3 Å². The highest BCUT2D eigenvalue weighted by atomic mass is 15.1. The molecule has 1 heterocycles. The second-order valence-corrected chi connectivity index (χ2v) is 4.46. The van der Waals surface area contributed by atoms with E-state index < -0.39 is 0 Å². The van der Waals surface area contributed by atoms with Crippen molar-refractivity contribution in [1.29, 1.82) is 5.26 Å². The number of nitriles is 1. The standard InChI is InChI=1S/C14H19N3/c15-9-4-10-16-13-7-11-17(12-8-13)14-5-2-1-3-6-14/h1-3,5-6,13,16H,4,7-8,10-12H2. The summed E-state index contributed by atoms with van der Waals surface area (Å²) in [6, 6.07) is 13.3. The predicted octanol–water partition coefficient (Wildman–Crippen LogP) is 2.16. The fraction of sp³-hybridized carbons (Fsp3) is 0.500. The number of nitrogens with zero attached hydrogens (tertiary/aromatic N) is 2. The summed E-state index contributed by atoms with van der Waals surface area (Å²) in [4.78, 5) is 2.43. The van der Waals surface area contributed by atoms with Crippen molar-refractivity contribution in [1.82, 2.24) is 5.32 Å². The van der Waals surface area contributed by atoms with Crippen molar-refractivity contribution in [2.75, 3.05) is 24.5 Å². The summed E-state index contributed by atoms with van der Waals surface area (Å²) in [5.41, 5.74) is 1.32. The minimum absolute atomic E-state index is 0.586. The number of para-hydroxylation sites is 1. The first-order chi connectivity index (χ1) is 8.40. The molecule has 0 aromatic heterocycles. The van der Waals surface area contributed by atoms with Crippen molar-refractivity contribution < 1.29 is 0 Å². The fourth-order valence-electron chi connectivity index (χ4n) is 2.31. The lowest BCUT2D eigenvalue weighted by Crippen LogP contribution is -2.42. The summed E-state index contributed by atoms with van der Waals surface area (Å²) >= 11 is 0. The molecule has 1 aromatic carbocycles. The molecular formula is C14H19N3. The molecule has 0 amide bonds. The molecule has 3 heteroatoms. The van der Waals surface area contributed by atoms with Gasteiger partial charge in [-0.05, 0) is 25.0 Å². The monoisotopic (exact) mass is 229 g/mol. The van der Waals surface area contributed by atoms with Crippen LogP contribution in [-0.4, -0.2) is 25.7 Å². The normalized spacial score (nSPS) is 16.8. The molecule has 0 bridgehead atoms. The Hall–Kier alpha value is -1.53. The Labute approximate surface area is 103 Å². The fourth-order valence-corrected chi connectivity index (χ4v) is 2.31. The van der Waals surface area contributed by atoms with E-state index >= 15 is 0 Å². The predicted molar refractivity (Wildman–Crippen MR) is 69.9 cm³/mol. The molecule has 0 spiro atoms. The second-order valence-electron chi connectivity index (χ2n) is 4.46. The average Bonchev–Trinajstić information content (AvgIpc) is 2.41. The highest BCUT2D eigenvalue weighted by molar-refractivity contribution is 5.46. The van der Waals surface area contributed by atoms with Gasteiger partial charge < -0.3 is 10.2 Å². The SMILES string of the molecule is N#CCCNC1CCN(c2ccccc2)CC1. The smallest absolute Gasteiger partial charge is 0.0635 e. The Morgan fingerprint density at radius 1 is 1.24 bits per heavy atom. The Balaban J connectivity index is 1.77. The molecule has 3 nitrogen and oxygen atoms in total. The van der Waals surface area contributed by atoms with Crippen LogP contribution in [0.15, 0.2) is 30.3 Å². The van der Waals surface area contributed by atoms with Gasteiger partial charge in [-0.1, -0.05) is 18.2 Å². The highest BCUT2D eigenvalue weighted by Gasteiger charge is 2.18. The average molecular weight is 229 g/mol. The van der Waals surface area contributed by atoms with E-state index in [1.807, 2.05) is 0 Å². The van der Waals surface area contributed by atoms with Crippen molar-refractivity contribution >= 4 is 5.69 Å². The molecule has 0 unspecified atom stereocenters. The molecular weight excluding hydrogens is 210 g/mol. The Bertz CT molecular complexity index is 361. The van der Waals surface area contributed by atoms with Gasteiger partial charge in [0.25, 0.3) is 0 Å². The lowest BCUT2D eigenvalue weighted by Gasteiger charge is -2.34. The zero-order valence-electron chi connectivity index (χ0n) is 10.1. The largest absolute Gasteiger partial charge is 0.371 e. The summed E-state index contributed by atoms with van der Waals surface area (Å²) in [5.74, 6) is 0. The van der Waals surface area contributed by atoms with Crippen molar-refractivity contribution in [2.24, 2.45) is 0 Å². The van der Waals surface area contributed by atoms with Crippen LogP contribution in [0.3, 0.4) is 0 Å². The molecule has 1 aliphatic rings. The lowest BCUT2D eigenvalue weighted by atomic mass is 10.0. The molecule has 0 aliphatic carbocycles. The highest BCUT2D eigenvalue weighted by Crippen LogP contribution is 2.19. The van der Waals surface area contributed by atoms with E-state index in [0.29, 0.717) is 12.5 Å². The maximum Gasteiger partial charge on any atom is 0.0635 e. The van der Waals surface area contributed by atoms with Crippen molar-refractivity contribution in [3.05, 3.63) is 30.3 Å². The molecule has 1 aromatic rings. The molecule has 17 heavy (non-hydrogen) atoms. The van der Waals surface area contributed by atoms with Gasteiger partial charge in [0.2, 0.25) is 0 Å². The minimum atomic E-state index is 0.586. The van der Waals surface area contributed by atoms with Gasteiger partial charge in [-0.25, -0.2) is 0 Å². The number of hydrogen-bond acceptors (Lipinski definition) is 3. The molecule has 0 saturated carbocycles. The van der Waals surface area contributed by atoms with Crippen LogP contribution in [-0.2, 0) is 0 Å². The Kier molecular flexibility index (Phi) is 4.40. The first-order valence-electron chi connectivity index (χ1n) is 6.30. The summed E-state index contributed by atoms with van der Waals surface area (Å²) in [7, 11) is 0. The molecule has 1 fully saturated rings. The van der Waals surface area contributed by atoms with Gasteiger partial charge >= 0.3 is 0 Å². The second kappa shape index (κ2) is 6.27. The van der Waals surface area contributed by atoms with Crippen molar-refractivity contribution in [2.45, 2.75) is 25.3 Å². The first kappa shape index (κ1) is 11.9. The van der Waals surface area contributed by atoms with E-state index in [2.05, 4.69) is 46.6 Å². The van der Waals surface area contributed by atoms with E-state index in [9.17, 15) is 0 Å². The molecule has 2 rings (SSSR count). The third-order valence-electron chi connectivity index (χ3n) is 3.29. The molecule has 1 saturated heterocycles. The minimum Gasteiger partial charge on any atom is -0.371 e. The maximum atomic E-state index is 8.49. The summed E-state index contributed by atoms with van der Waals surface area (Å²) < 4.78 is 0. The van der Waals surface area contributed by atoms with Crippen LogP contribution >= 0.6 is 0 Å². The lowest BCUT2D eigenvalue weighted by molar-refractivity contribution is 0.419. The van der Waals surface area contributed by atoms with Crippen LogP contribution in [0.1, 0.15) is 19.3 Å². The molecule has 1 N–H and O–H groups in total. The summed E-state index contributed by atoms with van der Waals surface area (Å²) in [6.07, 6.45) is 2.94. The first-order valence-corrected chi connectivity index (χ1v) is 6.30. The zero-order valence-corrected chi connectivity index (χ0v) is 10.1. The van der Waals surface area contributed by atoms with E-state index in [4.69, 9.17) is 5.26 Å². The van der Waals surface area contributed by atoms with E-state index in [1.54, 1.807) is 0 Å². The van der Waals surface area contributed by atoms with Crippen molar-refractivity contribution in [3.8, 4) is 6.07 Å². The van der Waals surface area contributed by atoms with Crippen molar-refractivity contribution in [3.63, 3.8) is 0 Å². The van der Waals surface area contributed by atoms with Gasteiger partial charge in [0, 0.05) is 37.8 Å². The number of anilines is 1. The number of hydrogen-bond donors (Lipinski definition) is 1. The van der Waals surface area contributed by atoms with Crippen LogP contribution in [0.5, 0.6) is 0 Å². The number of nitrogens with one attached hydrogen (secondary N) is 1. The third-order valence-corrected chi connectivity index (χ3v) is 3.29. The molecule has 90 valence electrons. The van der Waals surface area contributed by atoms with E-state index in [-0.39, 0.29) is 0 Å². The van der Waals surface area contributed by atoms with Gasteiger partial charge in [-0.3, -0.25) is 0 Å². The topological polar surface area (TPSA) is 39.1 Å². The molecule has 0 atom stereocenters. The maximum absolute atomic E-state index is 8.49. The van der Waals surface area contributed by atoms with Gasteiger partial charge in [-0.15, -0.1) is 0 Å². The number of piperidine rings is 1. The Morgan fingerprint density at radius 3 is 2.59 bits per heavy atom. The van der Waals surface area contributed by atoms with E-state index in [0.717, 1.165) is 19.6 Å². The third kappa shape index (κ3) is 3.47. The quantitative estimate of drug-likeness (QED) is 0.804. The zero-order chi connectivity index (χ0) is 11.9. The van der Waals surface area contributed by atoms with Crippen LogP contribution in [0.25, 0.3) is 0 Å². The Morgan fingerprint density at radius 2 is 1.94 bits per heavy atom. The van der Waals surface area contributed by atoms with Gasteiger partial charge in [0.05, 0.1) is 6.07 Å². The number of benzene rings is 1. The van der Waals surface area contributed by atoms with Crippen LogP contribution < -0.4 is 10.2 Å². The number of rotatable bonds is 4. The molecule has 0 radical (unpaired) electrons. The van der Waals surface area contributed by atoms with Gasteiger partial charge in [-0.2, -0.15) is 5.26 Å². The molecule has 1 aliphatic heterocycles. The van der Waals surface area contributed by atoms with Gasteiger partial charge in [0.1, 0.15) is 0 Å². The van der Waals surface area contributed by atoms with E-state index in [1.165, 1.54) is 18.5 Å². The summed E-state index contributed by atoms with van der Waals surface area (Å²) in [6.45, 7) is 3.04. The van der Waals surface area contributed by atoms with Crippen LogP contribution in [0.2, 0.25) is 0 Å². The van der Waals surface area contributed by atoms with Gasteiger partial charge in [0.15, 0.2) is 0 Å². The summed E-state index contributed by atoms with van der Waals surface area (Å²) in [5, 5.41) is 11.9. The van der Waals surface area contributed by atoms with Crippen LogP contribution in [0.4, 0.5) is 5.69 Å².